The lowest BCUT2D eigenvalue weighted by Crippen LogP contribution is -2.39. The van der Waals surface area contributed by atoms with Gasteiger partial charge in [0.15, 0.2) is 5.76 Å². The number of carbonyl (C=O) groups excluding carboxylic acids is 1. The van der Waals surface area contributed by atoms with Crippen molar-refractivity contribution in [3.05, 3.63) is 76.3 Å². The summed E-state index contributed by atoms with van der Waals surface area (Å²) in [5.74, 6) is -0.301. The standard InChI is InChI=1S/C22H23FN2O3S/c1-2-17-14-18(22(29-17)24-21(26)19-7-4-10-28-19)20(25-8-11-27-12-9-25)15-5-3-6-16(23)13-15/h3-7,10,13-14,20H,2,8-9,11-12H2,1H3,(H,24,26)/t20-/m0/s1. The number of carbonyl (C=O) groups is 1. The van der Waals surface area contributed by atoms with Gasteiger partial charge < -0.3 is 14.5 Å². The molecule has 1 aliphatic heterocycles. The first-order valence-corrected chi connectivity index (χ1v) is 10.5. The molecule has 1 aliphatic rings. The highest BCUT2D eigenvalue weighted by Gasteiger charge is 2.29. The SMILES string of the molecule is CCc1cc([C@H](c2cccc(F)c2)N2CCOCC2)c(NC(=O)c2ccco2)s1. The van der Waals surface area contributed by atoms with Crippen LogP contribution in [0, 0.1) is 5.82 Å². The Kier molecular flexibility index (Phi) is 6.08. The van der Waals surface area contributed by atoms with Crippen LogP contribution in [0.4, 0.5) is 9.39 Å². The topological polar surface area (TPSA) is 54.7 Å². The summed E-state index contributed by atoms with van der Waals surface area (Å²) in [6, 6.07) is 12.0. The van der Waals surface area contributed by atoms with Gasteiger partial charge in [-0.15, -0.1) is 11.3 Å². The minimum Gasteiger partial charge on any atom is -0.459 e. The van der Waals surface area contributed by atoms with Gasteiger partial charge in [0.2, 0.25) is 0 Å². The fourth-order valence-corrected chi connectivity index (χ4v) is 4.63. The van der Waals surface area contributed by atoms with E-state index < -0.39 is 0 Å². The van der Waals surface area contributed by atoms with E-state index in [1.165, 1.54) is 12.3 Å². The summed E-state index contributed by atoms with van der Waals surface area (Å²) < 4.78 is 24.8. The number of anilines is 1. The van der Waals surface area contributed by atoms with Gasteiger partial charge in [0.25, 0.3) is 5.91 Å². The van der Waals surface area contributed by atoms with Crippen molar-refractivity contribution in [1.82, 2.24) is 4.90 Å². The van der Waals surface area contributed by atoms with E-state index in [2.05, 4.69) is 23.2 Å². The maximum Gasteiger partial charge on any atom is 0.291 e. The molecule has 1 aromatic carbocycles. The summed E-state index contributed by atoms with van der Waals surface area (Å²) >= 11 is 1.55. The van der Waals surface area contributed by atoms with Crippen molar-refractivity contribution in [1.29, 1.82) is 0 Å². The highest BCUT2D eigenvalue weighted by Crippen LogP contribution is 2.40. The Morgan fingerprint density at radius 3 is 2.76 bits per heavy atom. The maximum absolute atomic E-state index is 14.1. The van der Waals surface area contributed by atoms with Gasteiger partial charge in [-0.05, 0) is 42.3 Å². The lowest BCUT2D eigenvalue weighted by molar-refractivity contribution is 0.0241. The Balaban J connectivity index is 1.75. The van der Waals surface area contributed by atoms with Gasteiger partial charge in [-0.2, -0.15) is 0 Å². The molecule has 0 unspecified atom stereocenters. The third-order valence-electron chi connectivity index (χ3n) is 5.00. The maximum atomic E-state index is 14.1. The zero-order chi connectivity index (χ0) is 20.2. The van der Waals surface area contributed by atoms with Crippen LogP contribution in [0.3, 0.4) is 0 Å². The lowest BCUT2D eigenvalue weighted by Gasteiger charge is -2.35. The van der Waals surface area contributed by atoms with E-state index in [0.717, 1.165) is 40.5 Å². The van der Waals surface area contributed by atoms with Crippen molar-refractivity contribution in [2.24, 2.45) is 0 Å². The van der Waals surface area contributed by atoms with E-state index in [0.29, 0.717) is 13.2 Å². The summed E-state index contributed by atoms with van der Waals surface area (Å²) in [5, 5.41) is 3.77. The van der Waals surface area contributed by atoms with Gasteiger partial charge >= 0.3 is 0 Å². The number of ether oxygens (including phenoxy) is 1. The highest BCUT2D eigenvalue weighted by atomic mass is 32.1. The molecule has 0 saturated carbocycles. The fourth-order valence-electron chi connectivity index (χ4n) is 3.61. The van der Waals surface area contributed by atoms with E-state index in [9.17, 15) is 9.18 Å². The Labute approximate surface area is 173 Å². The normalized spacial score (nSPS) is 15.9. The van der Waals surface area contributed by atoms with Crippen molar-refractivity contribution in [3.8, 4) is 0 Å². The number of nitrogens with zero attached hydrogens (tertiary/aromatic N) is 1. The van der Waals surface area contributed by atoms with E-state index >= 15 is 0 Å². The van der Waals surface area contributed by atoms with Crippen LogP contribution in [0.25, 0.3) is 0 Å². The summed E-state index contributed by atoms with van der Waals surface area (Å²) in [4.78, 5) is 16.1. The number of nitrogens with one attached hydrogen (secondary N) is 1. The predicted octanol–water partition coefficient (Wildman–Crippen LogP) is 4.72. The number of hydrogen-bond acceptors (Lipinski definition) is 5. The van der Waals surface area contributed by atoms with Crippen LogP contribution in [0.5, 0.6) is 0 Å². The number of rotatable bonds is 6. The molecule has 152 valence electrons. The second-order valence-corrected chi connectivity index (χ2v) is 8.02. The average Bonchev–Trinajstić information content (AvgIpc) is 3.40. The number of morpholine rings is 1. The smallest absolute Gasteiger partial charge is 0.291 e. The second-order valence-electron chi connectivity index (χ2n) is 6.89. The summed E-state index contributed by atoms with van der Waals surface area (Å²) in [6.07, 6.45) is 2.33. The monoisotopic (exact) mass is 414 g/mol. The van der Waals surface area contributed by atoms with Crippen molar-refractivity contribution >= 4 is 22.2 Å². The zero-order valence-corrected chi connectivity index (χ0v) is 17.0. The van der Waals surface area contributed by atoms with Gasteiger partial charge in [-0.1, -0.05) is 19.1 Å². The zero-order valence-electron chi connectivity index (χ0n) is 16.2. The molecule has 0 spiro atoms. The summed E-state index contributed by atoms with van der Waals surface area (Å²) in [5.41, 5.74) is 1.83. The Bertz CT molecular complexity index is 964. The minimum absolute atomic E-state index is 0.168. The molecule has 0 radical (unpaired) electrons. The Morgan fingerprint density at radius 1 is 1.24 bits per heavy atom. The molecule has 1 fully saturated rings. The number of halogens is 1. The van der Waals surface area contributed by atoms with E-state index in [-0.39, 0.29) is 23.5 Å². The molecule has 0 bridgehead atoms. The third-order valence-corrected chi connectivity index (χ3v) is 6.21. The van der Waals surface area contributed by atoms with Crippen LogP contribution >= 0.6 is 11.3 Å². The first-order valence-electron chi connectivity index (χ1n) is 9.70. The van der Waals surface area contributed by atoms with Crippen molar-refractivity contribution in [2.45, 2.75) is 19.4 Å². The molecular formula is C22H23FN2O3S. The molecule has 4 rings (SSSR count). The molecular weight excluding hydrogens is 391 g/mol. The van der Waals surface area contributed by atoms with Crippen LogP contribution in [0.15, 0.2) is 53.1 Å². The van der Waals surface area contributed by atoms with Crippen LogP contribution in [-0.4, -0.2) is 37.1 Å². The number of benzene rings is 1. The number of amides is 1. The molecule has 7 heteroatoms. The van der Waals surface area contributed by atoms with E-state index in [1.54, 1.807) is 35.6 Å². The highest BCUT2D eigenvalue weighted by molar-refractivity contribution is 7.16. The number of aryl methyl sites for hydroxylation is 1. The van der Waals surface area contributed by atoms with Gasteiger partial charge in [-0.3, -0.25) is 9.69 Å². The van der Waals surface area contributed by atoms with Crippen LogP contribution < -0.4 is 5.32 Å². The summed E-state index contributed by atoms with van der Waals surface area (Å²) in [6.45, 7) is 4.82. The third kappa shape index (κ3) is 4.42. The molecule has 1 saturated heterocycles. The molecule has 2 aromatic heterocycles. The predicted molar refractivity (Wildman–Crippen MR) is 111 cm³/mol. The van der Waals surface area contributed by atoms with Gasteiger partial charge in [0.1, 0.15) is 10.8 Å². The van der Waals surface area contributed by atoms with E-state index in [1.807, 2.05) is 6.07 Å². The average molecular weight is 415 g/mol. The number of thiophene rings is 1. The Hall–Kier alpha value is -2.48. The lowest BCUT2D eigenvalue weighted by atomic mass is 9.97. The van der Waals surface area contributed by atoms with Crippen molar-refractivity contribution in [2.75, 3.05) is 31.6 Å². The minimum atomic E-state index is -0.291. The molecule has 1 amide bonds. The van der Waals surface area contributed by atoms with E-state index in [4.69, 9.17) is 9.15 Å². The fraction of sp³-hybridized carbons (Fsp3) is 0.318. The second kappa shape index (κ2) is 8.90. The summed E-state index contributed by atoms with van der Waals surface area (Å²) in [7, 11) is 0. The molecule has 3 aromatic rings. The molecule has 1 N–H and O–H groups in total. The molecule has 5 nitrogen and oxygen atoms in total. The van der Waals surface area contributed by atoms with Gasteiger partial charge in [0.05, 0.1) is 25.5 Å². The molecule has 3 heterocycles. The largest absolute Gasteiger partial charge is 0.459 e. The molecule has 29 heavy (non-hydrogen) atoms. The number of furan rings is 1. The van der Waals surface area contributed by atoms with Gasteiger partial charge in [-0.25, -0.2) is 4.39 Å². The Morgan fingerprint density at radius 2 is 2.07 bits per heavy atom. The number of hydrogen-bond donors (Lipinski definition) is 1. The van der Waals surface area contributed by atoms with Crippen LogP contribution in [-0.2, 0) is 11.2 Å². The molecule has 1 atom stereocenters. The molecule has 0 aliphatic carbocycles. The van der Waals surface area contributed by atoms with Crippen LogP contribution in [0.2, 0.25) is 0 Å². The van der Waals surface area contributed by atoms with Crippen molar-refractivity contribution in [3.63, 3.8) is 0 Å². The van der Waals surface area contributed by atoms with Crippen molar-refractivity contribution < 1.29 is 18.3 Å². The first-order chi connectivity index (χ1) is 14.2. The van der Waals surface area contributed by atoms with Gasteiger partial charge in [0, 0.05) is 23.5 Å². The first kappa shape index (κ1) is 19.8. The quantitative estimate of drug-likeness (QED) is 0.634. The van der Waals surface area contributed by atoms with Crippen LogP contribution in [0.1, 0.15) is 39.5 Å².